The van der Waals surface area contributed by atoms with Crippen LogP contribution in [0, 0.1) is 0 Å². The predicted molar refractivity (Wildman–Crippen MR) is 103 cm³/mol. The van der Waals surface area contributed by atoms with Crippen LogP contribution in [-0.4, -0.2) is 107 Å². The number of carbonyl (C=O) groups excluding carboxylic acids is 1. The van der Waals surface area contributed by atoms with E-state index >= 15 is 0 Å². The lowest BCUT2D eigenvalue weighted by Crippen LogP contribution is -2.54. The molecule has 26 heavy (non-hydrogen) atoms. The normalized spacial score (nSPS) is 16.8. The molecule has 9 nitrogen and oxygen atoms in total. The molecule has 10 heteroatoms. The highest BCUT2D eigenvalue weighted by Crippen LogP contribution is 2.09. The molecule has 0 spiro atoms. The molecule has 0 atom stereocenters. The summed E-state index contributed by atoms with van der Waals surface area (Å²) in [7, 11) is 1.83. The van der Waals surface area contributed by atoms with E-state index in [1.807, 2.05) is 18.7 Å². The molecule has 0 saturated carbocycles. The summed E-state index contributed by atoms with van der Waals surface area (Å²) in [5, 5.41) is 3.17. The Bertz CT molecular complexity index is 569. The van der Waals surface area contributed by atoms with E-state index in [1.54, 1.807) is 26.0 Å². The smallest absolute Gasteiger partial charge is 0.223 e. The summed E-state index contributed by atoms with van der Waals surface area (Å²) in [5.74, 6) is 0.745. The fourth-order valence-electron chi connectivity index (χ4n) is 2.53. The molecular weight excluding hydrogens is 358 g/mol. The van der Waals surface area contributed by atoms with E-state index in [2.05, 4.69) is 10.3 Å². The first-order valence-corrected chi connectivity index (χ1v) is 10.5. The van der Waals surface area contributed by atoms with Crippen LogP contribution in [0.5, 0.6) is 0 Å². The van der Waals surface area contributed by atoms with Crippen LogP contribution in [-0.2, 0) is 19.6 Å². The zero-order valence-electron chi connectivity index (χ0n) is 16.6. The number of guanidine groups is 1. The minimum atomic E-state index is -3.30. The second-order valence-electron chi connectivity index (χ2n) is 6.63. The van der Waals surface area contributed by atoms with Gasteiger partial charge in [0.1, 0.15) is 0 Å². The minimum Gasteiger partial charge on any atom is -0.378 e. The summed E-state index contributed by atoms with van der Waals surface area (Å²) in [6.45, 7) is 6.43. The lowest BCUT2D eigenvalue weighted by Gasteiger charge is -2.35. The number of rotatable bonds is 8. The van der Waals surface area contributed by atoms with Crippen LogP contribution in [0.4, 0.5) is 0 Å². The van der Waals surface area contributed by atoms with Crippen molar-refractivity contribution in [2.45, 2.75) is 26.4 Å². The molecule has 0 aliphatic carbocycles. The summed E-state index contributed by atoms with van der Waals surface area (Å²) in [6, 6.07) is 0. The molecule has 1 aliphatic heterocycles. The Kier molecular flexibility index (Phi) is 9.31. The molecule has 0 aromatic heterocycles. The van der Waals surface area contributed by atoms with Crippen molar-refractivity contribution >= 4 is 21.9 Å². The van der Waals surface area contributed by atoms with Crippen LogP contribution in [0.2, 0.25) is 0 Å². The average molecular weight is 392 g/mol. The van der Waals surface area contributed by atoms with E-state index in [4.69, 9.17) is 4.74 Å². The first-order valence-electron chi connectivity index (χ1n) is 8.92. The van der Waals surface area contributed by atoms with Crippen molar-refractivity contribution in [2.75, 3.05) is 66.2 Å². The van der Waals surface area contributed by atoms with Crippen molar-refractivity contribution in [3.05, 3.63) is 0 Å². The number of sulfonamides is 1. The molecule has 1 saturated heterocycles. The number of hydrogen-bond acceptors (Lipinski definition) is 5. The van der Waals surface area contributed by atoms with Gasteiger partial charge in [0.25, 0.3) is 0 Å². The Morgan fingerprint density at radius 2 is 1.85 bits per heavy atom. The largest absolute Gasteiger partial charge is 0.378 e. The zero-order chi connectivity index (χ0) is 19.7. The summed E-state index contributed by atoms with van der Waals surface area (Å²) in [6.07, 6.45) is 0.409. The second kappa shape index (κ2) is 10.7. The van der Waals surface area contributed by atoms with E-state index in [1.165, 1.54) is 4.31 Å². The molecule has 1 fully saturated rings. The third-order valence-electron chi connectivity index (χ3n) is 4.06. The molecule has 1 amide bonds. The van der Waals surface area contributed by atoms with Gasteiger partial charge in [0, 0.05) is 60.3 Å². The molecule has 1 heterocycles. The number of aliphatic imine (C=N–C) groups is 1. The Morgan fingerprint density at radius 3 is 2.35 bits per heavy atom. The maximum Gasteiger partial charge on any atom is 0.223 e. The average Bonchev–Trinajstić information content (AvgIpc) is 2.58. The monoisotopic (exact) mass is 391 g/mol. The van der Waals surface area contributed by atoms with Gasteiger partial charge in [-0.15, -0.1) is 0 Å². The molecule has 0 aromatic rings. The summed E-state index contributed by atoms with van der Waals surface area (Å²) in [4.78, 5) is 19.4. The molecule has 0 aromatic carbocycles. The van der Waals surface area contributed by atoms with Gasteiger partial charge in [-0.3, -0.25) is 9.79 Å². The number of nitrogens with zero attached hydrogens (tertiary/aromatic N) is 4. The zero-order valence-corrected chi connectivity index (χ0v) is 17.4. The fraction of sp³-hybridized carbons (Fsp3) is 0.875. The van der Waals surface area contributed by atoms with Crippen LogP contribution in [0.25, 0.3) is 0 Å². The summed E-state index contributed by atoms with van der Waals surface area (Å²) in [5.41, 5.74) is 0. The Morgan fingerprint density at radius 1 is 1.23 bits per heavy atom. The number of nitrogens with one attached hydrogen (secondary N) is 1. The Labute approximate surface area is 157 Å². The van der Waals surface area contributed by atoms with Crippen molar-refractivity contribution in [1.82, 2.24) is 19.4 Å². The maximum atomic E-state index is 12.4. The van der Waals surface area contributed by atoms with E-state index in [9.17, 15) is 13.2 Å². The van der Waals surface area contributed by atoms with Gasteiger partial charge >= 0.3 is 0 Å². The summed E-state index contributed by atoms with van der Waals surface area (Å²) >= 11 is 0. The molecule has 0 radical (unpaired) electrons. The quantitative estimate of drug-likeness (QED) is 0.439. The third kappa shape index (κ3) is 7.46. The van der Waals surface area contributed by atoms with E-state index in [0.717, 1.165) is 0 Å². The SMILES string of the molecule is CN=C(NCCC(=O)N(C)C)N1CCN(S(=O)(=O)CCOC(C)C)CC1. The lowest BCUT2D eigenvalue weighted by atomic mass is 10.3. The van der Waals surface area contributed by atoms with Crippen molar-refractivity contribution < 1.29 is 17.9 Å². The number of carbonyl (C=O) groups is 1. The van der Waals surface area contributed by atoms with Gasteiger partial charge in [0.05, 0.1) is 18.5 Å². The first kappa shape index (κ1) is 22.7. The number of ether oxygens (including phenoxy) is 1. The number of hydrogen-bond donors (Lipinski definition) is 1. The lowest BCUT2D eigenvalue weighted by molar-refractivity contribution is -0.128. The molecule has 1 rings (SSSR count). The molecule has 0 bridgehead atoms. The van der Waals surface area contributed by atoms with E-state index < -0.39 is 10.0 Å². The van der Waals surface area contributed by atoms with Crippen molar-refractivity contribution in [1.29, 1.82) is 0 Å². The van der Waals surface area contributed by atoms with Crippen LogP contribution in [0.1, 0.15) is 20.3 Å². The standard InChI is InChI=1S/C16H33N5O4S/c1-14(2)25-12-13-26(23,24)21-10-8-20(9-11-21)16(17-3)18-7-6-15(22)19(4)5/h14H,6-13H2,1-5H3,(H,17,18). The van der Waals surface area contributed by atoms with Crippen LogP contribution in [0.3, 0.4) is 0 Å². The van der Waals surface area contributed by atoms with Gasteiger partial charge in [-0.05, 0) is 13.8 Å². The maximum absolute atomic E-state index is 12.4. The molecule has 1 aliphatic rings. The van der Waals surface area contributed by atoms with Gasteiger partial charge < -0.3 is 19.9 Å². The summed E-state index contributed by atoms with van der Waals surface area (Å²) < 4.78 is 31.6. The van der Waals surface area contributed by atoms with E-state index in [0.29, 0.717) is 45.1 Å². The predicted octanol–water partition coefficient (Wildman–Crippen LogP) is -0.587. The molecule has 1 N–H and O–H groups in total. The second-order valence-corrected chi connectivity index (χ2v) is 8.72. The first-order chi connectivity index (χ1) is 12.2. The van der Waals surface area contributed by atoms with Crippen LogP contribution in [0.15, 0.2) is 4.99 Å². The van der Waals surface area contributed by atoms with Gasteiger partial charge in [0.2, 0.25) is 15.9 Å². The third-order valence-corrected chi connectivity index (χ3v) is 5.89. The van der Waals surface area contributed by atoms with Gasteiger partial charge in [0.15, 0.2) is 5.96 Å². The fourth-order valence-corrected chi connectivity index (χ4v) is 3.82. The van der Waals surface area contributed by atoms with Gasteiger partial charge in [-0.25, -0.2) is 8.42 Å². The van der Waals surface area contributed by atoms with Crippen LogP contribution >= 0.6 is 0 Å². The van der Waals surface area contributed by atoms with Gasteiger partial charge in [-0.2, -0.15) is 4.31 Å². The van der Waals surface area contributed by atoms with Gasteiger partial charge in [-0.1, -0.05) is 0 Å². The highest BCUT2D eigenvalue weighted by atomic mass is 32.2. The van der Waals surface area contributed by atoms with E-state index in [-0.39, 0.29) is 24.4 Å². The Hall–Kier alpha value is -1.39. The van der Waals surface area contributed by atoms with Crippen molar-refractivity contribution in [3.63, 3.8) is 0 Å². The molecule has 0 unspecified atom stereocenters. The molecular formula is C16H33N5O4S. The molecule has 152 valence electrons. The topological polar surface area (TPSA) is 94.5 Å². The Balaban J connectivity index is 2.44. The highest BCUT2D eigenvalue weighted by Gasteiger charge is 2.28. The van der Waals surface area contributed by atoms with Crippen LogP contribution < -0.4 is 5.32 Å². The number of piperazine rings is 1. The highest BCUT2D eigenvalue weighted by molar-refractivity contribution is 7.89. The van der Waals surface area contributed by atoms with Crippen molar-refractivity contribution in [3.8, 4) is 0 Å². The van der Waals surface area contributed by atoms with Crippen molar-refractivity contribution in [2.24, 2.45) is 4.99 Å². The number of amides is 1. The minimum absolute atomic E-state index is 0.00476.